The van der Waals surface area contributed by atoms with Crippen molar-refractivity contribution in [3.05, 3.63) is 65.7 Å². The highest BCUT2D eigenvalue weighted by molar-refractivity contribution is 7.20. The minimum Gasteiger partial charge on any atom is -0.482 e. The standard InChI is InChI=1S/C27H27N3O4S/c1-18-24(27(33)29-14-8-3-9-15-29)26(35-25(18)19-10-4-2-5-11-19)28-22(31)16-30-20-12-6-7-13-21(20)34-17-23(30)32/h2,4-7,10-13H,3,8-9,14-17H2,1H3,(H,28,31). The van der Waals surface area contributed by atoms with E-state index in [2.05, 4.69) is 5.32 Å². The Morgan fingerprint density at radius 2 is 1.71 bits per heavy atom. The maximum Gasteiger partial charge on any atom is 0.265 e. The number of ether oxygens (including phenoxy) is 1. The first-order chi connectivity index (χ1) is 17.0. The van der Waals surface area contributed by atoms with Gasteiger partial charge in [-0.3, -0.25) is 19.3 Å². The highest BCUT2D eigenvalue weighted by Gasteiger charge is 2.30. The van der Waals surface area contributed by atoms with Gasteiger partial charge in [-0.2, -0.15) is 0 Å². The van der Waals surface area contributed by atoms with Gasteiger partial charge in [0.2, 0.25) is 5.91 Å². The number of piperidine rings is 1. The highest BCUT2D eigenvalue weighted by atomic mass is 32.1. The summed E-state index contributed by atoms with van der Waals surface area (Å²) in [6.45, 7) is 3.11. The maximum atomic E-state index is 13.6. The van der Waals surface area contributed by atoms with E-state index in [9.17, 15) is 14.4 Å². The molecule has 0 saturated carbocycles. The number of hydrogen-bond acceptors (Lipinski definition) is 5. The van der Waals surface area contributed by atoms with Crippen LogP contribution in [0.5, 0.6) is 5.75 Å². The Labute approximate surface area is 208 Å². The third-order valence-corrected chi connectivity index (χ3v) is 7.66. The molecule has 180 valence electrons. The van der Waals surface area contributed by atoms with Crippen molar-refractivity contribution in [2.75, 3.05) is 36.5 Å². The van der Waals surface area contributed by atoms with Crippen molar-refractivity contribution in [1.82, 2.24) is 4.90 Å². The van der Waals surface area contributed by atoms with Crippen LogP contribution < -0.4 is 15.0 Å². The summed E-state index contributed by atoms with van der Waals surface area (Å²) < 4.78 is 5.48. The van der Waals surface area contributed by atoms with Crippen LogP contribution in [-0.4, -0.2) is 48.9 Å². The molecule has 0 radical (unpaired) electrons. The molecule has 3 aromatic rings. The Morgan fingerprint density at radius 3 is 2.49 bits per heavy atom. The second-order valence-electron chi connectivity index (χ2n) is 8.76. The van der Waals surface area contributed by atoms with Crippen molar-refractivity contribution >= 4 is 39.7 Å². The van der Waals surface area contributed by atoms with E-state index in [0.29, 0.717) is 22.0 Å². The molecular weight excluding hydrogens is 462 g/mol. The Morgan fingerprint density at radius 1 is 1.00 bits per heavy atom. The SMILES string of the molecule is Cc1c(-c2ccccc2)sc(NC(=O)CN2C(=O)COc3ccccc32)c1C(=O)N1CCCCC1. The fourth-order valence-electron chi connectivity index (χ4n) is 4.62. The minimum atomic E-state index is -0.358. The monoisotopic (exact) mass is 489 g/mol. The largest absolute Gasteiger partial charge is 0.482 e. The van der Waals surface area contributed by atoms with Crippen molar-refractivity contribution in [3.8, 4) is 16.2 Å². The van der Waals surface area contributed by atoms with E-state index in [1.807, 2.05) is 48.2 Å². The lowest BCUT2D eigenvalue weighted by Gasteiger charge is -2.29. The number of hydrogen-bond donors (Lipinski definition) is 1. The first-order valence-electron chi connectivity index (χ1n) is 11.8. The molecule has 7 nitrogen and oxygen atoms in total. The predicted octanol–water partition coefficient (Wildman–Crippen LogP) is 4.71. The summed E-state index contributed by atoms with van der Waals surface area (Å²) in [7, 11) is 0. The van der Waals surface area contributed by atoms with Crippen LogP contribution in [0.3, 0.4) is 0 Å². The van der Waals surface area contributed by atoms with Crippen LogP contribution in [0.15, 0.2) is 54.6 Å². The molecule has 0 aliphatic carbocycles. The predicted molar refractivity (Wildman–Crippen MR) is 137 cm³/mol. The number of fused-ring (bicyclic) bond motifs is 1. The van der Waals surface area contributed by atoms with Crippen molar-refractivity contribution in [1.29, 1.82) is 0 Å². The van der Waals surface area contributed by atoms with E-state index >= 15 is 0 Å². The summed E-state index contributed by atoms with van der Waals surface area (Å²) >= 11 is 1.40. The van der Waals surface area contributed by atoms with Crippen molar-refractivity contribution in [3.63, 3.8) is 0 Å². The van der Waals surface area contributed by atoms with Gasteiger partial charge in [-0.25, -0.2) is 0 Å². The molecule has 0 unspecified atom stereocenters. The molecule has 1 aromatic heterocycles. The number of carbonyl (C=O) groups is 3. The maximum absolute atomic E-state index is 13.6. The van der Waals surface area contributed by atoms with E-state index in [1.54, 1.807) is 18.2 Å². The van der Waals surface area contributed by atoms with Crippen LogP contribution >= 0.6 is 11.3 Å². The molecule has 3 heterocycles. The van der Waals surface area contributed by atoms with E-state index < -0.39 is 0 Å². The van der Waals surface area contributed by atoms with Gasteiger partial charge in [0.15, 0.2) is 6.61 Å². The number of nitrogens with zero attached hydrogens (tertiary/aromatic N) is 2. The van der Waals surface area contributed by atoms with E-state index in [1.165, 1.54) is 16.2 Å². The highest BCUT2D eigenvalue weighted by Crippen LogP contribution is 2.41. The fraction of sp³-hybridized carbons (Fsp3) is 0.296. The first-order valence-corrected chi connectivity index (χ1v) is 12.6. The number of carbonyl (C=O) groups excluding carboxylic acids is 3. The molecule has 2 aliphatic rings. The topological polar surface area (TPSA) is 79.0 Å². The summed E-state index contributed by atoms with van der Waals surface area (Å²) in [6.07, 6.45) is 3.10. The third kappa shape index (κ3) is 4.66. The molecule has 3 amide bonds. The van der Waals surface area contributed by atoms with Crippen LogP contribution in [0.25, 0.3) is 10.4 Å². The van der Waals surface area contributed by atoms with Gasteiger partial charge in [-0.05, 0) is 49.4 Å². The van der Waals surface area contributed by atoms with Gasteiger partial charge >= 0.3 is 0 Å². The second-order valence-corrected chi connectivity index (χ2v) is 9.78. The van der Waals surface area contributed by atoms with Crippen LogP contribution in [0, 0.1) is 6.92 Å². The molecule has 2 aliphatic heterocycles. The molecule has 1 fully saturated rings. The van der Waals surface area contributed by atoms with Gasteiger partial charge in [0.1, 0.15) is 17.3 Å². The minimum absolute atomic E-state index is 0.0521. The Bertz CT molecular complexity index is 1260. The smallest absolute Gasteiger partial charge is 0.265 e. The van der Waals surface area contributed by atoms with Gasteiger partial charge in [-0.15, -0.1) is 11.3 Å². The number of anilines is 2. The number of rotatable bonds is 5. The second kappa shape index (κ2) is 9.92. The van der Waals surface area contributed by atoms with Gasteiger partial charge in [0.05, 0.1) is 11.3 Å². The average Bonchev–Trinajstić information content (AvgIpc) is 3.21. The van der Waals surface area contributed by atoms with Crippen molar-refractivity contribution in [2.24, 2.45) is 0 Å². The van der Waals surface area contributed by atoms with Gasteiger partial charge in [0, 0.05) is 18.0 Å². The Kier molecular flexibility index (Phi) is 6.55. The molecule has 35 heavy (non-hydrogen) atoms. The van der Waals surface area contributed by atoms with Crippen LogP contribution in [0.2, 0.25) is 0 Å². The molecular formula is C27H27N3O4S. The molecule has 0 bridgehead atoms. The molecule has 0 spiro atoms. The summed E-state index contributed by atoms with van der Waals surface area (Å²) in [5, 5.41) is 3.48. The zero-order valence-electron chi connectivity index (χ0n) is 19.6. The van der Waals surface area contributed by atoms with Crippen LogP contribution in [-0.2, 0) is 9.59 Å². The summed E-state index contributed by atoms with van der Waals surface area (Å²) in [5.74, 6) is -0.123. The Hall–Kier alpha value is -3.65. The summed E-state index contributed by atoms with van der Waals surface area (Å²) in [6, 6.07) is 17.0. The molecule has 5 rings (SSSR count). The molecule has 1 saturated heterocycles. The number of benzene rings is 2. The van der Waals surface area contributed by atoms with Crippen LogP contribution in [0.4, 0.5) is 10.7 Å². The number of likely N-dealkylation sites (tertiary alicyclic amines) is 1. The molecule has 1 N–H and O–H groups in total. The van der Waals surface area contributed by atoms with Gasteiger partial charge in [-0.1, -0.05) is 42.5 Å². The molecule has 0 atom stereocenters. The molecule has 2 aromatic carbocycles. The normalized spacial score (nSPS) is 15.4. The number of amides is 3. The number of nitrogens with one attached hydrogen (secondary N) is 1. The average molecular weight is 490 g/mol. The number of para-hydroxylation sites is 2. The van der Waals surface area contributed by atoms with Crippen LogP contribution in [0.1, 0.15) is 35.2 Å². The first kappa shape index (κ1) is 23.1. The van der Waals surface area contributed by atoms with E-state index in [4.69, 9.17) is 4.74 Å². The van der Waals surface area contributed by atoms with Gasteiger partial charge in [0.25, 0.3) is 11.8 Å². The van der Waals surface area contributed by atoms with E-state index in [-0.39, 0.29) is 30.9 Å². The lowest BCUT2D eigenvalue weighted by atomic mass is 10.0. The third-order valence-electron chi connectivity index (χ3n) is 6.40. The number of thiophene rings is 1. The van der Waals surface area contributed by atoms with Crippen molar-refractivity contribution in [2.45, 2.75) is 26.2 Å². The quantitative estimate of drug-likeness (QED) is 0.563. The van der Waals surface area contributed by atoms with E-state index in [0.717, 1.165) is 48.4 Å². The summed E-state index contributed by atoms with van der Waals surface area (Å²) in [4.78, 5) is 43.5. The lowest BCUT2D eigenvalue weighted by molar-refractivity contribution is -0.123. The lowest BCUT2D eigenvalue weighted by Crippen LogP contribution is -2.43. The Balaban J connectivity index is 1.45. The zero-order valence-corrected chi connectivity index (χ0v) is 20.4. The summed E-state index contributed by atoms with van der Waals surface area (Å²) in [5.41, 5.74) is 2.97. The fourth-order valence-corrected chi connectivity index (χ4v) is 5.84. The van der Waals surface area contributed by atoms with Crippen molar-refractivity contribution < 1.29 is 19.1 Å². The van der Waals surface area contributed by atoms with Gasteiger partial charge < -0.3 is 15.0 Å². The molecule has 8 heteroatoms. The zero-order chi connectivity index (χ0) is 24.4.